The predicted molar refractivity (Wildman–Crippen MR) is 88.3 cm³/mol. The summed E-state index contributed by atoms with van der Waals surface area (Å²) in [6, 6.07) is 0. The zero-order valence-corrected chi connectivity index (χ0v) is 16.2. The van der Waals surface area contributed by atoms with Crippen LogP contribution in [0, 0.1) is 10.1 Å². The standard InChI is InChI=1S/C10H6Cl2F9NO2S3/c11-6(12)5(25-1-8(13,14)15)4(22(23)24)7(26-2-9(16,17)18)27-3-10(19,20)21/h1-3H2. The van der Waals surface area contributed by atoms with Crippen molar-refractivity contribution >= 4 is 58.5 Å². The maximum atomic E-state index is 12.4. The topological polar surface area (TPSA) is 43.1 Å². The van der Waals surface area contributed by atoms with E-state index < -0.39 is 60.0 Å². The van der Waals surface area contributed by atoms with Crippen molar-refractivity contribution in [1.82, 2.24) is 0 Å². The smallest absolute Gasteiger partial charge is 0.258 e. The fourth-order valence-electron chi connectivity index (χ4n) is 1.09. The first-order valence-corrected chi connectivity index (χ1v) is 9.67. The first kappa shape index (κ1) is 26.9. The Bertz CT molecular complexity index is 578. The van der Waals surface area contributed by atoms with E-state index in [2.05, 4.69) is 0 Å². The zero-order chi connectivity index (χ0) is 21.6. The summed E-state index contributed by atoms with van der Waals surface area (Å²) in [5, 5.41) is 11.2. The van der Waals surface area contributed by atoms with Gasteiger partial charge in [-0.05, 0) is 0 Å². The quantitative estimate of drug-likeness (QED) is 0.153. The van der Waals surface area contributed by atoms with E-state index in [1.807, 2.05) is 0 Å². The Hall–Kier alpha value is -0.120. The minimum absolute atomic E-state index is 0.330. The highest BCUT2D eigenvalue weighted by atomic mass is 35.5. The molecule has 3 nitrogen and oxygen atoms in total. The zero-order valence-electron chi connectivity index (χ0n) is 12.3. The maximum absolute atomic E-state index is 12.4. The summed E-state index contributed by atoms with van der Waals surface area (Å²) in [5.74, 6) is -5.40. The first-order valence-electron chi connectivity index (χ1n) is 5.96. The molecule has 0 N–H and O–H groups in total. The van der Waals surface area contributed by atoms with Crippen molar-refractivity contribution in [3.63, 3.8) is 0 Å². The van der Waals surface area contributed by atoms with Gasteiger partial charge in [-0.2, -0.15) is 39.5 Å². The van der Waals surface area contributed by atoms with Gasteiger partial charge in [-0.25, -0.2) is 0 Å². The van der Waals surface area contributed by atoms with Crippen LogP contribution in [0.1, 0.15) is 0 Å². The van der Waals surface area contributed by atoms with Crippen molar-refractivity contribution in [1.29, 1.82) is 0 Å². The fraction of sp³-hybridized carbons (Fsp3) is 0.600. The van der Waals surface area contributed by atoms with Gasteiger partial charge in [0.1, 0.15) is 13.6 Å². The molecule has 0 atom stereocenters. The molecule has 158 valence electrons. The minimum atomic E-state index is -4.91. The minimum Gasteiger partial charge on any atom is -0.258 e. The molecular weight excluding hydrogens is 504 g/mol. The van der Waals surface area contributed by atoms with Gasteiger partial charge in [-0.1, -0.05) is 23.2 Å². The van der Waals surface area contributed by atoms with Gasteiger partial charge in [-0.3, -0.25) is 10.1 Å². The normalized spacial score (nSPS) is 12.7. The predicted octanol–water partition coefficient (Wildman–Crippen LogP) is 6.97. The van der Waals surface area contributed by atoms with Crippen LogP contribution in [0.2, 0.25) is 0 Å². The molecule has 0 fully saturated rings. The van der Waals surface area contributed by atoms with Gasteiger partial charge in [0, 0.05) is 0 Å². The van der Waals surface area contributed by atoms with E-state index in [-0.39, 0.29) is 35.3 Å². The molecule has 0 aliphatic rings. The average molecular weight is 510 g/mol. The van der Waals surface area contributed by atoms with Crippen LogP contribution in [-0.2, 0) is 0 Å². The summed E-state index contributed by atoms with van der Waals surface area (Å²) >= 11 is 9.48. The third-order valence-electron chi connectivity index (χ3n) is 1.88. The van der Waals surface area contributed by atoms with Crippen LogP contribution in [-0.4, -0.2) is 40.7 Å². The second kappa shape index (κ2) is 10.6. The molecule has 0 aromatic rings. The molecule has 0 bridgehead atoms. The molecule has 0 saturated carbocycles. The van der Waals surface area contributed by atoms with Crippen LogP contribution < -0.4 is 0 Å². The van der Waals surface area contributed by atoms with E-state index in [1.165, 1.54) is 0 Å². The summed E-state index contributed by atoms with van der Waals surface area (Å²) in [5.41, 5.74) is -1.47. The number of hydrogen-bond acceptors (Lipinski definition) is 5. The Kier molecular flexibility index (Phi) is 10.6. The Morgan fingerprint density at radius 3 is 1.37 bits per heavy atom. The first-order chi connectivity index (χ1) is 11.9. The number of nitro groups is 1. The molecule has 17 heteroatoms. The van der Waals surface area contributed by atoms with E-state index in [9.17, 15) is 49.6 Å². The molecule has 0 aliphatic heterocycles. The van der Waals surface area contributed by atoms with Gasteiger partial charge in [-0.15, -0.1) is 35.3 Å². The van der Waals surface area contributed by atoms with E-state index >= 15 is 0 Å². The molecule has 0 aromatic heterocycles. The Balaban J connectivity index is 6.09. The molecule has 0 heterocycles. The Morgan fingerprint density at radius 2 is 1.11 bits per heavy atom. The van der Waals surface area contributed by atoms with Crippen LogP contribution in [0.5, 0.6) is 0 Å². The number of alkyl halides is 9. The third kappa shape index (κ3) is 12.9. The lowest BCUT2D eigenvalue weighted by molar-refractivity contribution is -0.419. The Morgan fingerprint density at radius 1 is 0.778 bits per heavy atom. The van der Waals surface area contributed by atoms with E-state index in [0.717, 1.165) is 0 Å². The SMILES string of the molecule is O=[N+]([O-])C(=C(SCC(F)(F)F)SCC(F)(F)F)C(SCC(F)(F)F)=C(Cl)Cl. The van der Waals surface area contributed by atoms with Crippen molar-refractivity contribution in [2.45, 2.75) is 18.5 Å². The van der Waals surface area contributed by atoms with Gasteiger partial charge < -0.3 is 0 Å². The van der Waals surface area contributed by atoms with Crippen molar-refractivity contribution in [3.8, 4) is 0 Å². The summed E-state index contributed by atoms with van der Waals surface area (Å²) in [6.45, 7) is 0. The van der Waals surface area contributed by atoms with Crippen LogP contribution in [0.4, 0.5) is 39.5 Å². The summed E-state index contributed by atoms with van der Waals surface area (Å²) < 4.78 is 109. The lowest BCUT2D eigenvalue weighted by atomic mass is 10.5. The van der Waals surface area contributed by atoms with Crippen LogP contribution in [0.15, 0.2) is 19.3 Å². The maximum Gasteiger partial charge on any atom is 0.398 e. The molecule has 0 aromatic carbocycles. The second-order valence-corrected chi connectivity index (χ2v) is 8.36. The summed E-state index contributed by atoms with van der Waals surface area (Å²) in [6.07, 6.45) is -14.7. The number of hydrogen-bond donors (Lipinski definition) is 0. The highest BCUT2D eigenvalue weighted by molar-refractivity contribution is 8.22. The number of thioether (sulfide) groups is 3. The van der Waals surface area contributed by atoms with E-state index in [0.29, 0.717) is 0 Å². The number of rotatable bonds is 8. The van der Waals surface area contributed by atoms with Crippen molar-refractivity contribution in [2.75, 3.05) is 17.3 Å². The summed E-state index contributed by atoms with van der Waals surface area (Å²) in [4.78, 5) is 8.64. The van der Waals surface area contributed by atoms with E-state index in [4.69, 9.17) is 23.2 Å². The van der Waals surface area contributed by atoms with E-state index in [1.54, 1.807) is 0 Å². The average Bonchev–Trinajstić information content (AvgIpc) is 2.40. The highest BCUT2D eigenvalue weighted by Crippen LogP contribution is 2.44. The van der Waals surface area contributed by atoms with Gasteiger partial charge in [0.2, 0.25) is 0 Å². The van der Waals surface area contributed by atoms with Crippen LogP contribution >= 0.6 is 58.5 Å². The molecule has 0 aliphatic carbocycles. The monoisotopic (exact) mass is 509 g/mol. The molecule has 0 saturated heterocycles. The lowest BCUT2D eigenvalue weighted by Crippen LogP contribution is -2.15. The van der Waals surface area contributed by atoms with Gasteiger partial charge in [0.05, 0.1) is 22.2 Å². The second-order valence-electron chi connectivity index (χ2n) is 4.19. The molecule has 27 heavy (non-hydrogen) atoms. The van der Waals surface area contributed by atoms with Gasteiger partial charge in [0.25, 0.3) is 0 Å². The van der Waals surface area contributed by atoms with Crippen molar-refractivity contribution in [2.24, 2.45) is 0 Å². The number of nitrogens with zero attached hydrogens (tertiary/aromatic N) is 1. The fourth-order valence-corrected chi connectivity index (χ4v) is 4.36. The van der Waals surface area contributed by atoms with Crippen LogP contribution in [0.3, 0.4) is 0 Å². The molecular formula is C10H6Cl2F9NO2S3. The lowest BCUT2D eigenvalue weighted by Gasteiger charge is -2.14. The van der Waals surface area contributed by atoms with Gasteiger partial charge in [0.15, 0.2) is 0 Å². The van der Waals surface area contributed by atoms with Crippen LogP contribution in [0.25, 0.3) is 0 Å². The number of halogens is 11. The third-order valence-corrected chi connectivity index (χ3v) is 6.20. The van der Waals surface area contributed by atoms with Crippen molar-refractivity contribution < 1.29 is 44.4 Å². The molecule has 0 amide bonds. The summed E-state index contributed by atoms with van der Waals surface area (Å²) in [7, 11) is 0. The largest absolute Gasteiger partial charge is 0.398 e. The molecule has 0 rings (SSSR count). The van der Waals surface area contributed by atoms with Crippen molar-refractivity contribution in [3.05, 3.63) is 29.4 Å². The molecule has 0 radical (unpaired) electrons. The molecule has 0 spiro atoms. The Labute approximate surface area is 168 Å². The van der Waals surface area contributed by atoms with Gasteiger partial charge >= 0.3 is 24.2 Å². The molecule has 0 unspecified atom stereocenters. The highest BCUT2D eigenvalue weighted by Gasteiger charge is 2.37.